The van der Waals surface area contributed by atoms with Crippen molar-refractivity contribution in [1.29, 1.82) is 0 Å². The Morgan fingerprint density at radius 2 is 1.24 bits per heavy atom. The number of pyridine rings is 1. The van der Waals surface area contributed by atoms with Gasteiger partial charge < -0.3 is 14.5 Å². The summed E-state index contributed by atoms with van der Waals surface area (Å²) in [6.45, 7) is 0.754. The zero-order valence-corrected chi connectivity index (χ0v) is 25.0. The molecule has 0 aliphatic carbocycles. The van der Waals surface area contributed by atoms with Gasteiger partial charge in [-0.1, -0.05) is 97.1 Å². The highest BCUT2D eigenvalue weighted by molar-refractivity contribution is 6.09. The number of aromatic nitrogens is 2. The molecule has 8 rings (SSSR count). The topological polar surface area (TPSA) is 33.5 Å². The van der Waals surface area contributed by atoms with Crippen molar-refractivity contribution in [3.05, 3.63) is 181 Å². The van der Waals surface area contributed by atoms with Crippen LogP contribution in [0.25, 0.3) is 27.6 Å². The van der Waals surface area contributed by atoms with Gasteiger partial charge in [0.05, 0.1) is 17.7 Å². The molecular weight excluding hydrogens is 552 g/mol. The van der Waals surface area contributed by atoms with Crippen LogP contribution in [0.3, 0.4) is 0 Å². The van der Waals surface area contributed by atoms with Crippen LogP contribution in [-0.2, 0) is 5.54 Å². The summed E-state index contributed by atoms with van der Waals surface area (Å²) >= 11 is 0. The van der Waals surface area contributed by atoms with Gasteiger partial charge in [0.1, 0.15) is 22.9 Å². The Bertz CT molecular complexity index is 2100. The van der Waals surface area contributed by atoms with E-state index >= 15 is 0 Å². The van der Waals surface area contributed by atoms with Gasteiger partial charge in [-0.15, -0.1) is 0 Å². The highest BCUT2D eigenvalue weighted by Gasteiger charge is 2.42. The van der Waals surface area contributed by atoms with Gasteiger partial charge in [0.15, 0.2) is 0 Å². The van der Waals surface area contributed by atoms with Gasteiger partial charge in [0.25, 0.3) is 0 Å². The van der Waals surface area contributed by atoms with Gasteiger partial charge in [-0.05, 0) is 59.2 Å². The number of rotatable bonds is 7. The standard InChI is InChI=1S/C40H32N4O/c1-42-25-26-43(29-42)40(30-13-4-2-5-14-30,31-15-6-3-7-16-31)32-17-12-18-33(27-32)45-34-22-23-36-35-19-8-9-20-37(35)44(38(36)28-34)39-21-10-11-24-41-39/h2-28H,29H2,1H3. The summed E-state index contributed by atoms with van der Waals surface area (Å²) < 4.78 is 8.89. The molecule has 0 N–H and O–H groups in total. The van der Waals surface area contributed by atoms with Crippen molar-refractivity contribution < 1.29 is 4.74 Å². The summed E-state index contributed by atoms with van der Waals surface area (Å²) in [6, 6.07) is 50.8. The van der Waals surface area contributed by atoms with Gasteiger partial charge in [-0.3, -0.25) is 4.57 Å². The van der Waals surface area contributed by atoms with E-state index in [2.05, 4.69) is 160 Å². The third kappa shape index (κ3) is 4.52. The minimum absolute atomic E-state index is 0.571. The Hall–Kier alpha value is -5.81. The molecule has 1 aliphatic rings. The SMILES string of the molecule is CN1C=CN(C(c2ccccc2)(c2ccccc2)c2cccc(Oc3ccc4c5ccccc5n(-c5ccccn5)c4c3)c2)C1. The number of fused-ring (bicyclic) bond motifs is 3. The van der Waals surface area contributed by atoms with Crippen molar-refractivity contribution in [2.24, 2.45) is 0 Å². The van der Waals surface area contributed by atoms with Gasteiger partial charge in [0.2, 0.25) is 0 Å². The van der Waals surface area contributed by atoms with Gasteiger partial charge in [0, 0.05) is 42.5 Å². The molecule has 5 heteroatoms. The first-order valence-electron chi connectivity index (χ1n) is 15.2. The molecule has 0 atom stereocenters. The second kappa shape index (κ2) is 11.0. The van der Waals surface area contributed by atoms with Gasteiger partial charge in [-0.2, -0.15) is 0 Å². The minimum Gasteiger partial charge on any atom is -0.457 e. The maximum Gasteiger partial charge on any atom is 0.137 e. The fraction of sp³-hybridized carbons (Fsp3) is 0.0750. The molecule has 45 heavy (non-hydrogen) atoms. The molecule has 0 unspecified atom stereocenters. The third-order valence-electron chi connectivity index (χ3n) is 8.70. The highest BCUT2D eigenvalue weighted by atomic mass is 16.5. The summed E-state index contributed by atoms with van der Waals surface area (Å²) in [5.41, 5.74) is 5.10. The van der Waals surface area contributed by atoms with E-state index < -0.39 is 5.54 Å². The molecule has 7 aromatic rings. The number of hydrogen-bond donors (Lipinski definition) is 0. The third-order valence-corrected chi connectivity index (χ3v) is 8.70. The molecule has 2 aromatic heterocycles. The van der Waals surface area contributed by atoms with Crippen molar-refractivity contribution in [1.82, 2.24) is 19.4 Å². The first-order valence-corrected chi connectivity index (χ1v) is 15.2. The second-order valence-corrected chi connectivity index (χ2v) is 11.5. The molecule has 5 nitrogen and oxygen atoms in total. The van der Waals surface area contributed by atoms with E-state index in [0.717, 1.165) is 46.0 Å². The maximum atomic E-state index is 6.68. The zero-order chi connectivity index (χ0) is 30.2. The predicted molar refractivity (Wildman–Crippen MR) is 181 cm³/mol. The van der Waals surface area contributed by atoms with Crippen molar-refractivity contribution in [3.63, 3.8) is 0 Å². The molecular formula is C40H32N4O. The second-order valence-electron chi connectivity index (χ2n) is 11.5. The van der Waals surface area contributed by atoms with Crippen molar-refractivity contribution >= 4 is 21.8 Å². The normalized spacial score (nSPS) is 13.2. The summed E-state index contributed by atoms with van der Waals surface area (Å²) in [5, 5.41) is 2.35. The van der Waals surface area contributed by atoms with E-state index in [9.17, 15) is 0 Å². The summed E-state index contributed by atoms with van der Waals surface area (Å²) in [6.07, 6.45) is 6.16. The Morgan fingerprint density at radius 3 is 1.96 bits per heavy atom. The largest absolute Gasteiger partial charge is 0.457 e. The van der Waals surface area contributed by atoms with Crippen molar-refractivity contribution in [3.8, 4) is 17.3 Å². The van der Waals surface area contributed by atoms with E-state index in [1.807, 2.05) is 30.5 Å². The fourth-order valence-corrected chi connectivity index (χ4v) is 6.77. The smallest absolute Gasteiger partial charge is 0.137 e. The van der Waals surface area contributed by atoms with Crippen LogP contribution < -0.4 is 4.74 Å². The van der Waals surface area contributed by atoms with Crippen LogP contribution in [0.5, 0.6) is 11.5 Å². The van der Waals surface area contributed by atoms with Crippen molar-refractivity contribution in [2.45, 2.75) is 5.54 Å². The van der Waals surface area contributed by atoms with E-state index in [0.29, 0.717) is 0 Å². The number of hydrogen-bond acceptors (Lipinski definition) is 4. The molecule has 218 valence electrons. The van der Waals surface area contributed by atoms with Crippen LogP contribution in [-0.4, -0.2) is 33.1 Å². The van der Waals surface area contributed by atoms with Crippen LogP contribution >= 0.6 is 0 Å². The molecule has 3 heterocycles. The monoisotopic (exact) mass is 584 g/mol. The fourth-order valence-electron chi connectivity index (χ4n) is 6.77. The van der Waals surface area contributed by atoms with E-state index in [1.165, 1.54) is 16.5 Å². The Labute approximate surface area is 262 Å². The number of benzene rings is 5. The minimum atomic E-state index is -0.571. The molecule has 0 saturated carbocycles. The Balaban J connectivity index is 1.27. The predicted octanol–water partition coefficient (Wildman–Crippen LogP) is 8.94. The number of ether oxygens (including phenoxy) is 1. The lowest BCUT2D eigenvalue weighted by molar-refractivity contribution is 0.194. The van der Waals surface area contributed by atoms with Crippen molar-refractivity contribution in [2.75, 3.05) is 13.7 Å². The average molecular weight is 585 g/mol. The maximum absolute atomic E-state index is 6.68. The lowest BCUT2D eigenvalue weighted by Gasteiger charge is -2.44. The molecule has 0 saturated heterocycles. The summed E-state index contributed by atoms with van der Waals surface area (Å²) in [7, 11) is 2.11. The molecule has 0 spiro atoms. The lowest BCUT2D eigenvalue weighted by atomic mass is 9.76. The molecule has 0 bridgehead atoms. The van der Waals surface area contributed by atoms with E-state index in [1.54, 1.807) is 0 Å². The Morgan fingerprint density at radius 1 is 0.578 bits per heavy atom. The quantitative estimate of drug-likeness (QED) is 0.175. The van der Waals surface area contributed by atoms with Crippen LogP contribution in [0.2, 0.25) is 0 Å². The van der Waals surface area contributed by atoms with Gasteiger partial charge >= 0.3 is 0 Å². The first kappa shape index (κ1) is 26.8. The van der Waals surface area contributed by atoms with E-state index in [-0.39, 0.29) is 0 Å². The van der Waals surface area contributed by atoms with Crippen LogP contribution in [0, 0.1) is 0 Å². The summed E-state index contributed by atoms with van der Waals surface area (Å²) in [5.74, 6) is 2.42. The number of nitrogens with zero attached hydrogens (tertiary/aromatic N) is 4. The van der Waals surface area contributed by atoms with Gasteiger partial charge in [-0.25, -0.2) is 4.98 Å². The molecule has 0 fully saturated rings. The molecule has 5 aromatic carbocycles. The number of para-hydroxylation sites is 1. The first-order chi connectivity index (χ1) is 22.2. The van der Waals surface area contributed by atoms with Crippen LogP contribution in [0.1, 0.15) is 16.7 Å². The lowest BCUT2D eigenvalue weighted by Crippen LogP contribution is -2.46. The van der Waals surface area contributed by atoms with Crippen LogP contribution in [0.4, 0.5) is 0 Å². The average Bonchev–Trinajstić information content (AvgIpc) is 3.67. The zero-order valence-electron chi connectivity index (χ0n) is 25.0. The molecule has 1 aliphatic heterocycles. The molecule has 0 amide bonds. The molecule has 0 radical (unpaired) electrons. The van der Waals surface area contributed by atoms with Crippen LogP contribution in [0.15, 0.2) is 164 Å². The highest BCUT2D eigenvalue weighted by Crippen LogP contribution is 2.45. The van der Waals surface area contributed by atoms with E-state index in [4.69, 9.17) is 4.74 Å². The Kier molecular flexibility index (Phi) is 6.57. The summed E-state index contributed by atoms with van der Waals surface area (Å²) in [4.78, 5) is 9.30.